The van der Waals surface area contributed by atoms with Crippen molar-refractivity contribution >= 4 is 9.28 Å². The molecule has 0 aliphatic rings. The number of hydrogen-bond donors (Lipinski definition) is 2. The molecule has 0 aromatic rings. The summed E-state index contributed by atoms with van der Waals surface area (Å²) in [5.41, 5.74) is 11.3. The van der Waals surface area contributed by atoms with Crippen LogP contribution in [0.15, 0.2) is 0 Å². The largest absolute Gasteiger partial charge is 0.400 e. The van der Waals surface area contributed by atoms with Crippen LogP contribution < -0.4 is 11.5 Å². The van der Waals surface area contributed by atoms with Gasteiger partial charge in [-0.3, -0.25) is 0 Å². The van der Waals surface area contributed by atoms with E-state index in [9.17, 15) is 0 Å². The van der Waals surface area contributed by atoms with Crippen molar-refractivity contribution in [2.45, 2.75) is 31.3 Å². The number of rotatable bonds is 8. The molecule has 0 aromatic heterocycles. The van der Waals surface area contributed by atoms with Gasteiger partial charge < -0.3 is 20.3 Å². The van der Waals surface area contributed by atoms with Crippen molar-refractivity contribution in [3.8, 4) is 0 Å². The smallest absolute Gasteiger partial charge is 0.322 e. The maximum Gasteiger partial charge on any atom is 0.322 e. The molecular formula is C8H22N2O2Si. The number of nitrogens with two attached hydrogens (primary N) is 2. The highest BCUT2D eigenvalue weighted by atomic mass is 28.3. The maximum absolute atomic E-state index is 5.90. The van der Waals surface area contributed by atoms with Crippen molar-refractivity contribution in [2.24, 2.45) is 11.5 Å². The summed E-state index contributed by atoms with van der Waals surface area (Å²) in [4.78, 5) is 0. The normalized spacial score (nSPS) is 13.6. The Bertz CT molecular complexity index is 112. The van der Waals surface area contributed by atoms with E-state index in [1.54, 1.807) is 14.2 Å². The average Bonchev–Trinajstić information content (AvgIpc) is 2.14. The summed E-state index contributed by atoms with van der Waals surface area (Å²) < 4.78 is 10.4. The second-order valence-electron chi connectivity index (χ2n) is 3.18. The van der Waals surface area contributed by atoms with E-state index in [1.807, 2.05) is 0 Å². The molecule has 0 bridgehead atoms. The summed E-state index contributed by atoms with van der Waals surface area (Å²) in [5.74, 6) is 0. The van der Waals surface area contributed by atoms with Crippen LogP contribution in [0.1, 0.15) is 19.3 Å². The Hall–Kier alpha value is 0.0569. The van der Waals surface area contributed by atoms with E-state index in [-0.39, 0.29) is 6.04 Å². The molecule has 0 amide bonds. The van der Waals surface area contributed by atoms with Crippen LogP contribution in [0.2, 0.25) is 6.04 Å². The van der Waals surface area contributed by atoms with Crippen LogP contribution in [0.3, 0.4) is 0 Å². The van der Waals surface area contributed by atoms with Crippen LogP contribution in [0.5, 0.6) is 0 Å². The summed E-state index contributed by atoms with van der Waals surface area (Å²) in [5, 5.41) is 0. The third kappa shape index (κ3) is 7.15. The SMILES string of the molecule is CO[SiH](CC(N)CCCCN)OC. The molecule has 1 unspecified atom stereocenters. The predicted molar refractivity (Wildman–Crippen MR) is 56.9 cm³/mol. The van der Waals surface area contributed by atoms with Gasteiger partial charge in [0.2, 0.25) is 0 Å². The van der Waals surface area contributed by atoms with E-state index in [1.165, 1.54) is 0 Å². The molecule has 80 valence electrons. The highest BCUT2D eigenvalue weighted by Crippen LogP contribution is 2.05. The first-order valence-electron chi connectivity index (χ1n) is 4.75. The second kappa shape index (κ2) is 8.65. The fourth-order valence-electron chi connectivity index (χ4n) is 1.20. The lowest BCUT2D eigenvalue weighted by atomic mass is 10.1. The zero-order valence-electron chi connectivity index (χ0n) is 8.66. The summed E-state index contributed by atoms with van der Waals surface area (Å²) >= 11 is 0. The summed E-state index contributed by atoms with van der Waals surface area (Å²) in [6.07, 6.45) is 3.18. The van der Waals surface area contributed by atoms with Crippen molar-refractivity contribution < 1.29 is 8.85 Å². The van der Waals surface area contributed by atoms with Crippen LogP contribution >= 0.6 is 0 Å². The van der Waals surface area contributed by atoms with Crippen LogP contribution in [-0.2, 0) is 8.85 Å². The maximum atomic E-state index is 5.90. The van der Waals surface area contributed by atoms with E-state index in [0.717, 1.165) is 31.9 Å². The zero-order chi connectivity index (χ0) is 10.1. The van der Waals surface area contributed by atoms with Gasteiger partial charge in [-0.15, -0.1) is 0 Å². The average molecular weight is 206 g/mol. The second-order valence-corrected chi connectivity index (χ2v) is 5.45. The Morgan fingerprint density at radius 2 is 1.85 bits per heavy atom. The quantitative estimate of drug-likeness (QED) is 0.432. The Labute approximate surface area is 82.4 Å². The molecule has 0 aliphatic carbocycles. The molecule has 4 N–H and O–H groups in total. The minimum atomic E-state index is -1.46. The van der Waals surface area contributed by atoms with Crippen molar-refractivity contribution in [3.63, 3.8) is 0 Å². The molecule has 0 radical (unpaired) electrons. The van der Waals surface area contributed by atoms with Crippen LogP contribution in [0.4, 0.5) is 0 Å². The van der Waals surface area contributed by atoms with E-state index < -0.39 is 9.28 Å². The molecule has 0 aromatic carbocycles. The molecule has 0 heterocycles. The first kappa shape index (κ1) is 13.1. The third-order valence-electron chi connectivity index (χ3n) is 2.05. The minimum absolute atomic E-state index is 0.211. The Morgan fingerprint density at radius 1 is 1.23 bits per heavy atom. The van der Waals surface area contributed by atoms with Gasteiger partial charge in [-0.05, 0) is 19.4 Å². The van der Waals surface area contributed by atoms with Gasteiger partial charge in [-0.2, -0.15) is 0 Å². The molecule has 1 atom stereocenters. The van der Waals surface area contributed by atoms with Gasteiger partial charge in [0.05, 0.1) is 0 Å². The monoisotopic (exact) mass is 206 g/mol. The molecule has 0 rings (SSSR count). The standard InChI is InChI=1S/C8H22N2O2Si/c1-11-13(12-2)7-8(10)5-3-4-6-9/h8,13H,3-7,9-10H2,1-2H3. The minimum Gasteiger partial charge on any atom is -0.400 e. The molecule has 13 heavy (non-hydrogen) atoms. The fourth-order valence-corrected chi connectivity index (χ4v) is 2.51. The summed E-state index contributed by atoms with van der Waals surface area (Å²) in [6.45, 7) is 0.752. The van der Waals surface area contributed by atoms with Gasteiger partial charge in [-0.1, -0.05) is 6.42 Å². The predicted octanol–water partition coefficient (Wildman–Crippen LogP) is -0.0440. The van der Waals surface area contributed by atoms with Gasteiger partial charge in [0.25, 0.3) is 0 Å². The summed E-state index contributed by atoms with van der Waals surface area (Å²) in [6, 6.07) is 1.10. The number of hydrogen-bond acceptors (Lipinski definition) is 4. The van der Waals surface area contributed by atoms with Crippen molar-refractivity contribution in [1.29, 1.82) is 0 Å². The Balaban J connectivity index is 3.42. The van der Waals surface area contributed by atoms with E-state index >= 15 is 0 Å². The van der Waals surface area contributed by atoms with Crippen molar-refractivity contribution in [1.82, 2.24) is 0 Å². The molecule has 0 aliphatic heterocycles. The molecule has 0 fully saturated rings. The van der Waals surface area contributed by atoms with Gasteiger partial charge >= 0.3 is 9.28 Å². The Kier molecular flexibility index (Phi) is 8.68. The van der Waals surface area contributed by atoms with Crippen LogP contribution in [0.25, 0.3) is 0 Å². The number of unbranched alkanes of at least 4 members (excludes halogenated alkanes) is 1. The van der Waals surface area contributed by atoms with E-state index in [2.05, 4.69) is 0 Å². The lowest BCUT2D eigenvalue weighted by Crippen LogP contribution is -2.30. The molecule has 5 heteroatoms. The highest BCUT2D eigenvalue weighted by molar-refractivity contribution is 6.44. The molecular weight excluding hydrogens is 184 g/mol. The molecule has 0 spiro atoms. The van der Waals surface area contributed by atoms with E-state index in [0.29, 0.717) is 0 Å². The van der Waals surface area contributed by atoms with Crippen LogP contribution in [-0.4, -0.2) is 36.1 Å². The van der Waals surface area contributed by atoms with Gasteiger partial charge in [0.1, 0.15) is 0 Å². The van der Waals surface area contributed by atoms with Crippen molar-refractivity contribution in [2.75, 3.05) is 20.8 Å². The summed E-state index contributed by atoms with van der Waals surface area (Å²) in [7, 11) is 1.92. The fraction of sp³-hybridized carbons (Fsp3) is 1.00. The van der Waals surface area contributed by atoms with E-state index in [4.69, 9.17) is 20.3 Å². The molecule has 0 saturated heterocycles. The topological polar surface area (TPSA) is 70.5 Å². The zero-order valence-corrected chi connectivity index (χ0v) is 9.82. The van der Waals surface area contributed by atoms with Gasteiger partial charge in [0, 0.05) is 26.3 Å². The lowest BCUT2D eigenvalue weighted by Gasteiger charge is -2.16. The molecule has 4 nitrogen and oxygen atoms in total. The lowest BCUT2D eigenvalue weighted by molar-refractivity contribution is 0.273. The first-order chi connectivity index (χ1) is 6.24. The first-order valence-corrected chi connectivity index (χ1v) is 6.51. The Morgan fingerprint density at radius 3 is 2.31 bits per heavy atom. The highest BCUT2D eigenvalue weighted by Gasteiger charge is 2.14. The van der Waals surface area contributed by atoms with Crippen molar-refractivity contribution in [3.05, 3.63) is 0 Å². The van der Waals surface area contributed by atoms with Crippen LogP contribution in [0, 0.1) is 0 Å². The third-order valence-corrected chi connectivity index (χ3v) is 4.09. The van der Waals surface area contributed by atoms with Gasteiger partial charge in [0.15, 0.2) is 0 Å². The molecule has 0 saturated carbocycles. The van der Waals surface area contributed by atoms with Gasteiger partial charge in [-0.25, -0.2) is 0 Å².